The van der Waals surface area contributed by atoms with Crippen LogP contribution in [0, 0.1) is 23.5 Å². The van der Waals surface area contributed by atoms with Gasteiger partial charge in [0.15, 0.2) is 11.6 Å². The molecule has 1 fully saturated rings. The van der Waals surface area contributed by atoms with Crippen LogP contribution in [-0.4, -0.2) is 35.0 Å². The summed E-state index contributed by atoms with van der Waals surface area (Å²) in [6, 6.07) is 9.55. The highest BCUT2D eigenvalue weighted by molar-refractivity contribution is 5.94. The molecule has 2 atom stereocenters. The molecule has 0 bridgehead atoms. The van der Waals surface area contributed by atoms with Gasteiger partial charge in [-0.25, -0.2) is 8.78 Å². The number of ether oxygens (including phenoxy) is 1. The number of piperidine rings is 1. The van der Waals surface area contributed by atoms with Crippen LogP contribution in [-0.2, 0) is 4.79 Å². The van der Waals surface area contributed by atoms with Gasteiger partial charge in [0.25, 0.3) is 5.91 Å². The molecular weight excluding hydrogens is 356 g/mol. The number of amides is 1. The van der Waals surface area contributed by atoms with Gasteiger partial charge >= 0.3 is 5.97 Å². The van der Waals surface area contributed by atoms with Crippen LogP contribution >= 0.6 is 0 Å². The molecule has 2 unspecified atom stereocenters. The second kappa shape index (κ2) is 7.73. The fraction of sp³-hybridized carbons (Fsp3) is 0.300. The summed E-state index contributed by atoms with van der Waals surface area (Å²) in [6.45, 7) is 2.62. The Bertz CT molecular complexity index is 854. The Morgan fingerprint density at radius 1 is 1.07 bits per heavy atom. The SMILES string of the molecule is CC1CN(C(=O)c2ccc(Oc3ccc(F)c(F)c3)cc2)CCC1C(=O)O. The number of carboxylic acids is 1. The van der Waals surface area contributed by atoms with E-state index in [9.17, 15) is 23.5 Å². The van der Waals surface area contributed by atoms with E-state index in [0.29, 0.717) is 30.8 Å². The molecule has 2 aromatic rings. The van der Waals surface area contributed by atoms with E-state index in [-0.39, 0.29) is 17.6 Å². The van der Waals surface area contributed by atoms with Gasteiger partial charge in [0.05, 0.1) is 5.92 Å². The predicted octanol–water partition coefficient (Wildman–Crippen LogP) is 3.94. The highest BCUT2D eigenvalue weighted by Crippen LogP contribution is 2.26. The van der Waals surface area contributed by atoms with Gasteiger partial charge in [0.2, 0.25) is 0 Å². The summed E-state index contributed by atoms with van der Waals surface area (Å²) in [5.41, 5.74) is 0.452. The number of nitrogens with zero attached hydrogens (tertiary/aromatic N) is 1. The first-order valence-corrected chi connectivity index (χ1v) is 8.60. The third kappa shape index (κ3) is 4.24. The molecule has 5 nitrogen and oxygen atoms in total. The molecule has 1 aliphatic heterocycles. The van der Waals surface area contributed by atoms with Crippen LogP contribution in [0.3, 0.4) is 0 Å². The molecule has 2 aromatic carbocycles. The molecule has 1 aliphatic rings. The third-order valence-corrected chi connectivity index (χ3v) is 4.74. The average molecular weight is 375 g/mol. The van der Waals surface area contributed by atoms with Crippen molar-refractivity contribution in [1.29, 1.82) is 0 Å². The molecule has 0 saturated carbocycles. The van der Waals surface area contributed by atoms with Crippen molar-refractivity contribution in [2.45, 2.75) is 13.3 Å². The van der Waals surface area contributed by atoms with Gasteiger partial charge in [-0.2, -0.15) is 0 Å². The Morgan fingerprint density at radius 2 is 1.74 bits per heavy atom. The fourth-order valence-electron chi connectivity index (χ4n) is 3.22. The van der Waals surface area contributed by atoms with E-state index in [1.807, 2.05) is 6.92 Å². The lowest BCUT2D eigenvalue weighted by molar-refractivity contribution is -0.145. The number of carbonyl (C=O) groups excluding carboxylic acids is 1. The lowest BCUT2D eigenvalue weighted by Crippen LogP contribution is -2.44. The summed E-state index contributed by atoms with van der Waals surface area (Å²) >= 11 is 0. The van der Waals surface area contributed by atoms with Crippen LogP contribution < -0.4 is 4.74 Å². The molecule has 1 amide bonds. The van der Waals surface area contributed by atoms with Crippen LogP contribution in [0.4, 0.5) is 8.78 Å². The van der Waals surface area contributed by atoms with Gasteiger partial charge in [-0.15, -0.1) is 0 Å². The van der Waals surface area contributed by atoms with Crippen molar-refractivity contribution >= 4 is 11.9 Å². The summed E-state index contributed by atoms with van der Waals surface area (Å²) in [4.78, 5) is 25.4. The maximum Gasteiger partial charge on any atom is 0.306 e. The number of halogens is 2. The number of carbonyl (C=O) groups is 2. The molecule has 1 saturated heterocycles. The minimum atomic E-state index is -1.00. The number of rotatable bonds is 4. The van der Waals surface area contributed by atoms with Crippen LogP contribution in [0.1, 0.15) is 23.7 Å². The minimum Gasteiger partial charge on any atom is -0.481 e. The fourth-order valence-corrected chi connectivity index (χ4v) is 3.22. The predicted molar refractivity (Wildman–Crippen MR) is 93.7 cm³/mol. The Balaban J connectivity index is 1.65. The van der Waals surface area contributed by atoms with Crippen LogP contribution in [0.2, 0.25) is 0 Å². The maximum absolute atomic E-state index is 13.2. The van der Waals surface area contributed by atoms with Gasteiger partial charge in [-0.05, 0) is 48.7 Å². The van der Waals surface area contributed by atoms with Crippen molar-refractivity contribution < 1.29 is 28.2 Å². The lowest BCUT2D eigenvalue weighted by atomic mass is 9.87. The van der Waals surface area contributed by atoms with E-state index in [4.69, 9.17) is 4.74 Å². The summed E-state index contributed by atoms with van der Waals surface area (Å²) in [5, 5.41) is 9.17. The monoisotopic (exact) mass is 375 g/mol. The van der Waals surface area contributed by atoms with Crippen molar-refractivity contribution in [2.75, 3.05) is 13.1 Å². The second-order valence-electron chi connectivity index (χ2n) is 6.66. The Kier molecular flexibility index (Phi) is 5.39. The molecule has 142 valence electrons. The summed E-state index contributed by atoms with van der Waals surface area (Å²) in [7, 11) is 0. The molecule has 1 heterocycles. The van der Waals surface area contributed by atoms with Crippen molar-refractivity contribution in [1.82, 2.24) is 4.90 Å². The molecule has 0 aromatic heterocycles. The standard InChI is InChI=1S/C20H19F2NO4/c1-12-11-23(9-8-16(12)20(25)26)19(24)13-2-4-14(5-3-13)27-15-6-7-17(21)18(22)10-15/h2-7,10,12,16H,8-9,11H2,1H3,(H,25,26). The smallest absolute Gasteiger partial charge is 0.306 e. The number of likely N-dealkylation sites (tertiary alicyclic amines) is 1. The first kappa shape index (κ1) is 18.8. The van der Waals surface area contributed by atoms with E-state index in [0.717, 1.165) is 12.1 Å². The zero-order valence-electron chi connectivity index (χ0n) is 14.7. The van der Waals surface area contributed by atoms with Crippen molar-refractivity contribution in [3.63, 3.8) is 0 Å². The molecule has 1 N–H and O–H groups in total. The minimum absolute atomic E-state index is 0.115. The van der Waals surface area contributed by atoms with Gasteiger partial charge in [0.1, 0.15) is 11.5 Å². The first-order valence-electron chi connectivity index (χ1n) is 8.60. The largest absolute Gasteiger partial charge is 0.481 e. The topological polar surface area (TPSA) is 66.8 Å². The van der Waals surface area contributed by atoms with Crippen molar-refractivity contribution in [3.05, 3.63) is 59.7 Å². The average Bonchev–Trinajstić information content (AvgIpc) is 2.64. The van der Waals surface area contributed by atoms with E-state index in [2.05, 4.69) is 0 Å². The highest BCUT2D eigenvalue weighted by Gasteiger charge is 2.33. The molecule has 0 aliphatic carbocycles. The number of benzene rings is 2. The summed E-state index contributed by atoms with van der Waals surface area (Å²) in [5.74, 6) is -2.97. The maximum atomic E-state index is 13.2. The Labute approximate surface area is 155 Å². The van der Waals surface area contributed by atoms with Gasteiger partial charge in [-0.1, -0.05) is 6.92 Å². The number of carboxylic acid groups (broad SMARTS) is 1. The first-order chi connectivity index (χ1) is 12.8. The number of hydrogen-bond acceptors (Lipinski definition) is 3. The quantitative estimate of drug-likeness (QED) is 0.879. The highest BCUT2D eigenvalue weighted by atomic mass is 19.2. The number of aliphatic carboxylic acids is 1. The van der Waals surface area contributed by atoms with Crippen LogP contribution in [0.25, 0.3) is 0 Å². The molecule has 7 heteroatoms. The van der Waals surface area contributed by atoms with Crippen molar-refractivity contribution in [3.8, 4) is 11.5 Å². The van der Waals surface area contributed by atoms with Crippen molar-refractivity contribution in [2.24, 2.45) is 11.8 Å². The third-order valence-electron chi connectivity index (χ3n) is 4.74. The van der Waals surface area contributed by atoms with E-state index < -0.39 is 23.5 Å². The van der Waals surface area contributed by atoms with E-state index in [1.54, 1.807) is 29.2 Å². The summed E-state index contributed by atoms with van der Waals surface area (Å²) in [6.07, 6.45) is 0.430. The van der Waals surface area contributed by atoms with E-state index in [1.165, 1.54) is 6.07 Å². The molecule has 27 heavy (non-hydrogen) atoms. The van der Waals surface area contributed by atoms with Gasteiger partial charge in [-0.3, -0.25) is 9.59 Å². The van der Waals surface area contributed by atoms with Gasteiger partial charge in [0, 0.05) is 24.7 Å². The Hall–Kier alpha value is -2.96. The second-order valence-corrected chi connectivity index (χ2v) is 6.66. The molecule has 3 rings (SSSR count). The van der Waals surface area contributed by atoms with Crippen LogP contribution in [0.15, 0.2) is 42.5 Å². The molecular formula is C20H19F2NO4. The van der Waals surface area contributed by atoms with E-state index >= 15 is 0 Å². The summed E-state index contributed by atoms with van der Waals surface area (Å²) < 4.78 is 31.6. The number of hydrogen-bond donors (Lipinski definition) is 1. The molecule has 0 radical (unpaired) electrons. The van der Waals surface area contributed by atoms with Gasteiger partial charge < -0.3 is 14.7 Å². The van der Waals surface area contributed by atoms with Crippen LogP contribution in [0.5, 0.6) is 11.5 Å². The molecule has 0 spiro atoms. The normalized spacial score (nSPS) is 19.6. The Morgan fingerprint density at radius 3 is 2.33 bits per heavy atom. The zero-order valence-corrected chi connectivity index (χ0v) is 14.7. The zero-order chi connectivity index (χ0) is 19.6. The lowest BCUT2D eigenvalue weighted by Gasteiger charge is -2.35.